The molecule has 222 valence electrons. The van der Waals surface area contributed by atoms with Crippen molar-refractivity contribution in [1.82, 2.24) is 0 Å². The van der Waals surface area contributed by atoms with E-state index in [2.05, 4.69) is 187 Å². The minimum absolute atomic E-state index is 0.322. The average Bonchev–Trinajstić information content (AvgIpc) is 3.14. The number of fused-ring (bicyclic) bond motifs is 2. The zero-order valence-electron chi connectivity index (χ0n) is 25.9. The normalized spacial score (nSPS) is 19.0. The summed E-state index contributed by atoms with van der Waals surface area (Å²) < 4.78 is 0. The van der Waals surface area contributed by atoms with Gasteiger partial charge in [0.05, 0.1) is 5.69 Å². The molecule has 8 rings (SSSR count). The Kier molecular flexibility index (Phi) is 7.66. The molecule has 1 nitrogen and oxygen atoms in total. The lowest BCUT2D eigenvalue weighted by Crippen LogP contribution is -2.20. The maximum absolute atomic E-state index is 2.40. The SMILES string of the molecule is C1=CCC2C=CC=C(C(c3ccc(-c4ccc(N(c5ccccc5)c5cccc6ccccc56)cc4)cc3)C3C=CC=CC3)C2=C1. The number of allylic oxidation sites excluding steroid dienone is 12. The van der Waals surface area contributed by atoms with E-state index in [9.17, 15) is 0 Å². The Morgan fingerprint density at radius 3 is 2.07 bits per heavy atom. The summed E-state index contributed by atoms with van der Waals surface area (Å²) in [5.41, 5.74) is 10.2. The predicted molar refractivity (Wildman–Crippen MR) is 196 cm³/mol. The second-order valence-corrected chi connectivity index (χ2v) is 12.4. The van der Waals surface area contributed by atoms with Gasteiger partial charge in [0, 0.05) is 28.6 Å². The van der Waals surface area contributed by atoms with Crippen molar-refractivity contribution in [2.45, 2.75) is 18.8 Å². The predicted octanol–water partition coefficient (Wildman–Crippen LogP) is 12.2. The van der Waals surface area contributed by atoms with E-state index < -0.39 is 0 Å². The van der Waals surface area contributed by atoms with Crippen LogP contribution in [0, 0.1) is 11.8 Å². The van der Waals surface area contributed by atoms with Crippen LogP contribution in [-0.2, 0) is 0 Å². The molecular formula is C45H37N. The Morgan fingerprint density at radius 1 is 0.543 bits per heavy atom. The second-order valence-electron chi connectivity index (χ2n) is 12.4. The van der Waals surface area contributed by atoms with Crippen molar-refractivity contribution in [1.29, 1.82) is 0 Å². The van der Waals surface area contributed by atoms with E-state index in [1.807, 2.05) is 0 Å². The fourth-order valence-corrected chi connectivity index (χ4v) is 7.41. The highest BCUT2D eigenvalue weighted by Crippen LogP contribution is 2.45. The number of benzene rings is 5. The third kappa shape index (κ3) is 5.39. The van der Waals surface area contributed by atoms with E-state index in [0.29, 0.717) is 17.8 Å². The van der Waals surface area contributed by atoms with E-state index in [1.54, 1.807) is 0 Å². The number of hydrogen-bond acceptors (Lipinski definition) is 1. The summed E-state index contributed by atoms with van der Waals surface area (Å²) in [5, 5.41) is 2.48. The highest BCUT2D eigenvalue weighted by atomic mass is 15.1. The summed E-state index contributed by atoms with van der Waals surface area (Å²) >= 11 is 0. The van der Waals surface area contributed by atoms with Gasteiger partial charge in [0.2, 0.25) is 0 Å². The van der Waals surface area contributed by atoms with Crippen LogP contribution in [0.4, 0.5) is 17.1 Å². The Balaban J connectivity index is 1.13. The molecule has 0 radical (unpaired) electrons. The summed E-state index contributed by atoms with van der Waals surface area (Å²) in [6, 6.07) is 44.2. The zero-order valence-corrected chi connectivity index (χ0v) is 25.9. The van der Waals surface area contributed by atoms with E-state index in [1.165, 1.54) is 44.3 Å². The average molecular weight is 592 g/mol. The highest BCUT2D eigenvalue weighted by molar-refractivity contribution is 5.98. The lowest BCUT2D eigenvalue weighted by atomic mass is 9.70. The van der Waals surface area contributed by atoms with Crippen LogP contribution in [0.3, 0.4) is 0 Å². The Labute approximate surface area is 272 Å². The van der Waals surface area contributed by atoms with E-state index in [4.69, 9.17) is 0 Å². The minimum Gasteiger partial charge on any atom is -0.310 e. The molecule has 0 aliphatic heterocycles. The van der Waals surface area contributed by atoms with E-state index >= 15 is 0 Å². The maximum atomic E-state index is 2.40. The minimum atomic E-state index is 0.322. The lowest BCUT2D eigenvalue weighted by Gasteiger charge is -2.34. The Morgan fingerprint density at radius 2 is 1.26 bits per heavy atom. The van der Waals surface area contributed by atoms with Gasteiger partial charge in [-0.1, -0.05) is 152 Å². The fraction of sp³-hybridized carbons (Fsp3) is 0.111. The molecule has 1 heteroatoms. The molecule has 0 N–H and O–H groups in total. The third-order valence-corrected chi connectivity index (χ3v) is 9.68. The molecule has 0 amide bonds. The first-order chi connectivity index (χ1) is 22.8. The molecule has 3 aliphatic carbocycles. The van der Waals surface area contributed by atoms with Crippen LogP contribution in [0.1, 0.15) is 24.3 Å². The van der Waals surface area contributed by atoms with Crippen molar-refractivity contribution in [3.63, 3.8) is 0 Å². The van der Waals surface area contributed by atoms with E-state index in [0.717, 1.165) is 24.2 Å². The topological polar surface area (TPSA) is 3.24 Å². The number of para-hydroxylation sites is 1. The van der Waals surface area contributed by atoms with Crippen LogP contribution in [0.2, 0.25) is 0 Å². The molecule has 0 saturated carbocycles. The van der Waals surface area contributed by atoms with Gasteiger partial charge in [0.15, 0.2) is 0 Å². The van der Waals surface area contributed by atoms with Crippen molar-refractivity contribution >= 4 is 27.8 Å². The first-order valence-electron chi connectivity index (χ1n) is 16.5. The molecule has 3 unspecified atom stereocenters. The van der Waals surface area contributed by atoms with Crippen LogP contribution < -0.4 is 4.90 Å². The molecule has 0 spiro atoms. The summed E-state index contributed by atoms with van der Waals surface area (Å²) in [5.74, 6) is 1.25. The van der Waals surface area contributed by atoms with Crippen molar-refractivity contribution in [3.05, 3.63) is 199 Å². The Bertz CT molecular complexity index is 2030. The smallest absolute Gasteiger partial charge is 0.0540 e. The molecule has 0 aromatic heterocycles. The van der Waals surface area contributed by atoms with Crippen LogP contribution in [0.25, 0.3) is 21.9 Å². The number of hydrogen-bond donors (Lipinski definition) is 0. The van der Waals surface area contributed by atoms with Crippen molar-refractivity contribution < 1.29 is 0 Å². The highest BCUT2D eigenvalue weighted by Gasteiger charge is 2.30. The van der Waals surface area contributed by atoms with Gasteiger partial charge in [-0.25, -0.2) is 0 Å². The molecule has 3 aliphatic rings. The van der Waals surface area contributed by atoms with Crippen molar-refractivity contribution in [2.24, 2.45) is 11.8 Å². The van der Waals surface area contributed by atoms with Gasteiger partial charge in [-0.05, 0) is 82.3 Å². The summed E-state index contributed by atoms with van der Waals surface area (Å²) in [6.07, 6.45) is 25.1. The van der Waals surface area contributed by atoms with Gasteiger partial charge in [-0.15, -0.1) is 0 Å². The molecule has 0 fully saturated rings. The van der Waals surface area contributed by atoms with Gasteiger partial charge in [0.1, 0.15) is 0 Å². The molecule has 0 saturated heterocycles. The molecule has 46 heavy (non-hydrogen) atoms. The standard InChI is InChI=1S/C45H37N/c1-3-15-37(16-4-1)45(43-23-11-17-35-13-7-9-21-41(35)43)38-27-25-33(26-28-38)34-29-31-40(32-30-34)46(39-19-5-2-6-20-39)44-24-12-18-36-14-8-10-22-42(36)44/h1-12,14-15,17-32,35,37,45H,13,16H2. The summed E-state index contributed by atoms with van der Waals surface area (Å²) in [7, 11) is 0. The molecule has 3 atom stereocenters. The second kappa shape index (κ2) is 12.5. The first-order valence-corrected chi connectivity index (χ1v) is 16.5. The molecular weight excluding hydrogens is 555 g/mol. The number of anilines is 3. The summed E-state index contributed by atoms with van der Waals surface area (Å²) in [4.78, 5) is 2.36. The van der Waals surface area contributed by atoms with Crippen LogP contribution >= 0.6 is 0 Å². The largest absolute Gasteiger partial charge is 0.310 e. The number of rotatable bonds is 7. The quantitative estimate of drug-likeness (QED) is 0.182. The Hall–Kier alpha value is -5.40. The van der Waals surface area contributed by atoms with Gasteiger partial charge in [-0.3, -0.25) is 0 Å². The van der Waals surface area contributed by atoms with Crippen LogP contribution in [0.15, 0.2) is 193 Å². The summed E-state index contributed by atoms with van der Waals surface area (Å²) in [6.45, 7) is 0. The third-order valence-electron chi connectivity index (χ3n) is 9.68. The lowest BCUT2D eigenvalue weighted by molar-refractivity contribution is 0.556. The zero-order chi connectivity index (χ0) is 30.7. The first kappa shape index (κ1) is 28.1. The van der Waals surface area contributed by atoms with Crippen LogP contribution in [0.5, 0.6) is 0 Å². The van der Waals surface area contributed by atoms with Crippen molar-refractivity contribution in [2.75, 3.05) is 4.90 Å². The van der Waals surface area contributed by atoms with Gasteiger partial charge < -0.3 is 4.90 Å². The molecule has 0 bridgehead atoms. The fourth-order valence-electron chi connectivity index (χ4n) is 7.41. The van der Waals surface area contributed by atoms with Gasteiger partial charge in [0.25, 0.3) is 0 Å². The molecule has 0 heterocycles. The van der Waals surface area contributed by atoms with Gasteiger partial charge >= 0.3 is 0 Å². The monoisotopic (exact) mass is 591 g/mol. The van der Waals surface area contributed by atoms with E-state index in [-0.39, 0.29) is 0 Å². The molecule has 5 aromatic carbocycles. The van der Waals surface area contributed by atoms with Crippen LogP contribution in [-0.4, -0.2) is 0 Å². The van der Waals surface area contributed by atoms with Gasteiger partial charge in [-0.2, -0.15) is 0 Å². The van der Waals surface area contributed by atoms with Crippen molar-refractivity contribution in [3.8, 4) is 11.1 Å². The molecule has 5 aromatic rings. The maximum Gasteiger partial charge on any atom is 0.0540 e. The number of nitrogens with zero attached hydrogens (tertiary/aromatic N) is 1.